The number of carboxylic acids is 1. The second-order valence-electron chi connectivity index (χ2n) is 3.55. The van der Waals surface area contributed by atoms with Gasteiger partial charge in [-0.05, 0) is 31.9 Å². The van der Waals surface area contributed by atoms with E-state index in [1.165, 1.54) is 0 Å². The average Bonchev–Trinajstić information content (AvgIpc) is 2.83. The molecule has 0 amide bonds. The van der Waals surface area contributed by atoms with Crippen LogP contribution in [0, 0.1) is 6.92 Å². The van der Waals surface area contributed by atoms with E-state index in [-0.39, 0.29) is 0 Å². The summed E-state index contributed by atoms with van der Waals surface area (Å²) in [6, 6.07) is 5.54. The van der Waals surface area contributed by atoms with E-state index < -0.39 is 11.4 Å². The SMILES string of the molecule is Cc1cccc(C2(C(=O)O)CC2)n1. The molecule has 0 radical (unpaired) electrons. The minimum absolute atomic E-state index is 0.661. The fraction of sp³-hybridized carbons (Fsp3) is 0.400. The minimum Gasteiger partial charge on any atom is -0.481 e. The van der Waals surface area contributed by atoms with Crippen molar-refractivity contribution in [2.75, 3.05) is 0 Å². The highest BCUT2D eigenvalue weighted by Gasteiger charge is 2.53. The quantitative estimate of drug-likeness (QED) is 0.744. The zero-order valence-electron chi connectivity index (χ0n) is 7.45. The lowest BCUT2D eigenvalue weighted by atomic mass is 10.0. The van der Waals surface area contributed by atoms with Gasteiger partial charge in [-0.1, -0.05) is 6.07 Å². The first-order valence-corrected chi connectivity index (χ1v) is 4.33. The molecule has 0 bridgehead atoms. The number of pyridine rings is 1. The van der Waals surface area contributed by atoms with Crippen molar-refractivity contribution in [1.29, 1.82) is 0 Å². The molecule has 0 saturated heterocycles. The van der Waals surface area contributed by atoms with Crippen molar-refractivity contribution in [2.24, 2.45) is 0 Å². The van der Waals surface area contributed by atoms with E-state index in [0.29, 0.717) is 5.69 Å². The summed E-state index contributed by atoms with van der Waals surface area (Å²) in [7, 11) is 0. The van der Waals surface area contributed by atoms with Gasteiger partial charge in [0.15, 0.2) is 0 Å². The Morgan fingerprint density at radius 1 is 1.54 bits per heavy atom. The molecule has 3 nitrogen and oxygen atoms in total. The van der Waals surface area contributed by atoms with Gasteiger partial charge in [0.25, 0.3) is 0 Å². The first-order valence-electron chi connectivity index (χ1n) is 4.33. The van der Waals surface area contributed by atoms with Crippen molar-refractivity contribution in [3.63, 3.8) is 0 Å². The Morgan fingerprint density at radius 2 is 2.23 bits per heavy atom. The van der Waals surface area contributed by atoms with Crippen molar-refractivity contribution in [3.8, 4) is 0 Å². The minimum atomic E-state index is -0.745. The summed E-state index contributed by atoms with van der Waals surface area (Å²) in [5.41, 5.74) is 0.927. The average molecular weight is 177 g/mol. The monoisotopic (exact) mass is 177 g/mol. The molecular formula is C10H11NO2. The normalized spacial score (nSPS) is 18.2. The van der Waals surface area contributed by atoms with Gasteiger partial charge in [-0.15, -0.1) is 0 Å². The molecule has 1 aromatic heterocycles. The standard InChI is InChI=1S/C10H11NO2/c1-7-3-2-4-8(11-7)10(5-6-10)9(12)13/h2-4H,5-6H2,1H3,(H,12,13). The van der Waals surface area contributed by atoms with Gasteiger partial charge >= 0.3 is 5.97 Å². The Morgan fingerprint density at radius 3 is 2.69 bits per heavy atom. The van der Waals surface area contributed by atoms with Crippen LogP contribution >= 0.6 is 0 Å². The molecule has 13 heavy (non-hydrogen) atoms. The van der Waals surface area contributed by atoms with Crippen LogP contribution in [0.15, 0.2) is 18.2 Å². The lowest BCUT2D eigenvalue weighted by molar-refractivity contribution is -0.140. The summed E-state index contributed by atoms with van der Waals surface area (Å²) in [5.74, 6) is -0.745. The number of aliphatic carboxylic acids is 1. The number of carboxylic acid groups (broad SMARTS) is 1. The first-order chi connectivity index (χ1) is 6.15. The highest BCUT2D eigenvalue weighted by Crippen LogP contribution is 2.47. The maximum Gasteiger partial charge on any atom is 0.315 e. The van der Waals surface area contributed by atoms with Crippen molar-refractivity contribution < 1.29 is 9.90 Å². The van der Waals surface area contributed by atoms with E-state index in [9.17, 15) is 4.79 Å². The Bertz CT molecular complexity index is 356. The van der Waals surface area contributed by atoms with Gasteiger partial charge in [-0.25, -0.2) is 0 Å². The van der Waals surface area contributed by atoms with Gasteiger partial charge in [0.2, 0.25) is 0 Å². The molecule has 2 rings (SSSR count). The smallest absolute Gasteiger partial charge is 0.315 e. The van der Waals surface area contributed by atoms with Crippen LogP contribution in [0.25, 0.3) is 0 Å². The molecule has 1 N–H and O–H groups in total. The topological polar surface area (TPSA) is 50.2 Å². The fourth-order valence-corrected chi connectivity index (χ4v) is 1.51. The Hall–Kier alpha value is -1.38. The predicted molar refractivity (Wildman–Crippen MR) is 47.5 cm³/mol. The van der Waals surface area contributed by atoms with Crippen molar-refractivity contribution >= 4 is 5.97 Å². The van der Waals surface area contributed by atoms with Crippen LogP contribution in [0.4, 0.5) is 0 Å². The molecule has 0 unspecified atom stereocenters. The molecule has 0 atom stereocenters. The Labute approximate surface area is 76.4 Å². The largest absolute Gasteiger partial charge is 0.481 e. The highest BCUT2D eigenvalue weighted by atomic mass is 16.4. The summed E-state index contributed by atoms with van der Waals surface area (Å²) >= 11 is 0. The molecule has 0 aliphatic heterocycles. The van der Waals surface area contributed by atoms with Crippen LogP contribution in [-0.4, -0.2) is 16.1 Å². The third-order valence-corrected chi connectivity index (χ3v) is 2.54. The summed E-state index contributed by atoms with van der Waals surface area (Å²) in [5, 5.41) is 9.01. The molecule has 1 aliphatic rings. The third-order valence-electron chi connectivity index (χ3n) is 2.54. The second kappa shape index (κ2) is 2.55. The zero-order valence-corrected chi connectivity index (χ0v) is 7.45. The molecule has 0 spiro atoms. The van der Waals surface area contributed by atoms with Gasteiger partial charge in [0.1, 0.15) is 5.41 Å². The number of aryl methyl sites for hydroxylation is 1. The predicted octanol–water partition coefficient (Wildman–Crippen LogP) is 1.51. The molecule has 1 fully saturated rings. The molecule has 1 saturated carbocycles. The maximum absolute atomic E-state index is 11.0. The number of rotatable bonds is 2. The molecule has 68 valence electrons. The molecular weight excluding hydrogens is 166 g/mol. The third kappa shape index (κ3) is 1.20. The molecule has 1 aliphatic carbocycles. The van der Waals surface area contributed by atoms with Crippen LogP contribution < -0.4 is 0 Å². The molecule has 3 heteroatoms. The van der Waals surface area contributed by atoms with E-state index in [0.717, 1.165) is 18.5 Å². The number of nitrogens with zero attached hydrogens (tertiary/aromatic N) is 1. The van der Waals surface area contributed by atoms with E-state index >= 15 is 0 Å². The van der Waals surface area contributed by atoms with E-state index in [2.05, 4.69) is 4.98 Å². The Balaban J connectivity index is 2.41. The zero-order chi connectivity index (χ0) is 9.47. The molecule has 1 heterocycles. The van der Waals surface area contributed by atoms with Crippen LogP contribution in [0.1, 0.15) is 24.2 Å². The maximum atomic E-state index is 11.0. The van der Waals surface area contributed by atoms with Crippen LogP contribution in [0.3, 0.4) is 0 Å². The first kappa shape index (κ1) is 8.23. The summed E-state index contributed by atoms with van der Waals surface area (Å²) < 4.78 is 0. The molecule has 0 aromatic carbocycles. The number of hydrogen-bond acceptors (Lipinski definition) is 2. The highest BCUT2D eigenvalue weighted by molar-refractivity contribution is 5.84. The summed E-state index contributed by atoms with van der Waals surface area (Å²) in [6.07, 6.45) is 1.44. The Kier molecular flexibility index (Phi) is 1.62. The van der Waals surface area contributed by atoms with E-state index in [4.69, 9.17) is 5.11 Å². The van der Waals surface area contributed by atoms with Gasteiger partial charge in [-0.2, -0.15) is 0 Å². The lowest BCUT2D eigenvalue weighted by Crippen LogP contribution is -2.20. The van der Waals surface area contributed by atoms with Crippen LogP contribution in [0.2, 0.25) is 0 Å². The van der Waals surface area contributed by atoms with Gasteiger partial charge < -0.3 is 5.11 Å². The summed E-state index contributed by atoms with van der Waals surface area (Å²) in [6.45, 7) is 1.88. The van der Waals surface area contributed by atoms with Crippen molar-refractivity contribution in [3.05, 3.63) is 29.6 Å². The van der Waals surface area contributed by atoms with Gasteiger partial charge in [-0.3, -0.25) is 9.78 Å². The van der Waals surface area contributed by atoms with E-state index in [1.54, 1.807) is 6.07 Å². The molecule has 1 aromatic rings. The van der Waals surface area contributed by atoms with Crippen LogP contribution in [-0.2, 0) is 10.2 Å². The van der Waals surface area contributed by atoms with Crippen LogP contribution in [0.5, 0.6) is 0 Å². The van der Waals surface area contributed by atoms with E-state index in [1.807, 2.05) is 19.1 Å². The van der Waals surface area contributed by atoms with Crippen molar-refractivity contribution in [2.45, 2.75) is 25.2 Å². The number of aromatic nitrogens is 1. The fourth-order valence-electron chi connectivity index (χ4n) is 1.51. The second-order valence-corrected chi connectivity index (χ2v) is 3.55. The summed E-state index contributed by atoms with van der Waals surface area (Å²) in [4.78, 5) is 15.2. The number of carbonyl (C=O) groups is 1. The lowest BCUT2D eigenvalue weighted by Gasteiger charge is -2.08. The number of hydrogen-bond donors (Lipinski definition) is 1. The van der Waals surface area contributed by atoms with Gasteiger partial charge in [0, 0.05) is 5.69 Å². The van der Waals surface area contributed by atoms with Gasteiger partial charge in [0.05, 0.1) is 5.69 Å². The van der Waals surface area contributed by atoms with Crippen molar-refractivity contribution in [1.82, 2.24) is 4.98 Å².